The summed E-state index contributed by atoms with van der Waals surface area (Å²) >= 11 is 3.17. The molecule has 5 heteroatoms. The van der Waals surface area contributed by atoms with Gasteiger partial charge in [-0.1, -0.05) is 6.07 Å². The van der Waals surface area contributed by atoms with Gasteiger partial charge < -0.3 is 0 Å². The van der Waals surface area contributed by atoms with Gasteiger partial charge in [-0.25, -0.2) is 0 Å². The zero-order chi connectivity index (χ0) is 10.9. The van der Waals surface area contributed by atoms with Crippen LogP contribution in [0.3, 0.4) is 0 Å². The fourth-order valence-corrected chi connectivity index (χ4v) is 1.77. The Morgan fingerprint density at radius 1 is 1.50 bits per heavy atom. The smallest absolute Gasteiger partial charge is 0.281 e. The molecule has 0 radical (unpaired) electrons. The van der Waals surface area contributed by atoms with E-state index in [1.54, 1.807) is 13.0 Å². The van der Waals surface area contributed by atoms with E-state index in [2.05, 4.69) is 15.9 Å². The Hall–Kier alpha value is -1.23. The number of hydrogen-bond donors (Lipinski definition) is 0. The highest BCUT2D eigenvalue weighted by atomic mass is 79.9. The molecule has 0 saturated heterocycles. The van der Waals surface area contributed by atoms with E-state index in [1.165, 1.54) is 13.0 Å². The normalized spacial score (nSPS) is 9.93. The Morgan fingerprint density at radius 2 is 2.07 bits per heavy atom. The summed E-state index contributed by atoms with van der Waals surface area (Å²) in [5.41, 5.74) is 0.783. The van der Waals surface area contributed by atoms with Crippen LogP contribution in [0.5, 0.6) is 0 Å². The lowest BCUT2D eigenvalue weighted by atomic mass is 10.1. The van der Waals surface area contributed by atoms with Crippen LogP contribution in [0.2, 0.25) is 0 Å². The highest BCUT2D eigenvalue weighted by Crippen LogP contribution is 2.29. The van der Waals surface area contributed by atoms with Crippen molar-refractivity contribution < 1.29 is 9.72 Å². The first kappa shape index (κ1) is 10.8. The van der Waals surface area contributed by atoms with Crippen LogP contribution in [-0.2, 0) is 0 Å². The molecule has 0 aliphatic carbocycles. The van der Waals surface area contributed by atoms with Gasteiger partial charge in [-0.05, 0) is 35.3 Å². The summed E-state index contributed by atoms with van der Waals surface area (Å²) in [5, 5.41) is 10.6. The van der Waals surface area contributed by atoms with Crippen molar-refractivity contribution in [1.82, 2.24) is 0 Å². The Morgan fingerprint density at radius 3 is 2.50 bits per heavy atom. The first-order valence-corrected chi connectivity index (χ1v) is 4.69. The van der Waals surface area contributed by atoms with E-state index in [9.17, 15) is 14.9 Å². The second kappa shape index (κ2) is 3.88. The Bertz CT molecular complexity index is 415. The maximum absolute atomic E-state index is 11.2. The molecule has 0 aliphatic rings. The van der Waals surface area contributed by atoms with E-state index >= 15 is 0 Å². The zero-order valence-electron chi connectivity index (χ0n) is 7.70. The third-order valence-corrected chi connectivity index (χ3v) is 2.88. The molecule has 0 saturated carbocycles. The van der Waals surface area contributed by atoms with Crippen molar-refractivity contribution in [2.75, 3.05) is 0 Å². The fraction of sp³-hybridized carbons (Fsp3) is 0.222. The molecule has 0 atom stereocenters. The molecular formula is C9H8BrNO3. The van der Waals surface area contributed by atoms with Crippen molar-refractivity contribution in [3.05, 3.63) is 37.8 Å². The van der Waals surface area contributed by atoms with Gasteiger partial charge in [-0.2, -0.15) is 0 Å². The monoisotopic (exact) mass is 257 g/mol. The highest BCUT2D eigenvalue weighted by molar-refractivity contribution is 9.10. The fourth-order valence-electron chi connectivity index (χ4n) is 1.16. The minimum Gasteiger partial charge on any atom is -0.294 e. The van der Waals surface area contributed by atoms with Crippen molar-refractivity contribution in [2.24, 2.45) is 0 Å². The van der Waals surface area contributed by atoms with E-state index in [0.717, 1.165) is 5.56 Å². The second-order valence-electron chi connectivity index (χ2n) is 2.90. The summed E-state index contributed by atoms with van der Waals surface area (Å²) in [7, 11) is 0. The Labute approximate surface area is 89.2 Å². The van der Waals surface area contributed by atoms with Crippen LogP contribution in [0.25, 0.3) is 0 Å². The van der Waals surface area contributed by atoms with E-state index < -0.39 is 4.92 Å². The molecule has 0 bridgehead atoms. The number of nitrogens with zero attached hydrogens (tertiary/aromatic N) is 1. The topological polar surface area (TPSA) is 60.2 Å². The number of nitro benzene ring substituents is 1. The van der Waals surface area contributed by atoms with Crippen LogP contribution < -0.4 is 0 Å². The number of benzene rings is 1. The number of nitro groups is 1. The molecule has 4 nitrogen and oxygen atoms in total. The molecule has 14 heavy (non-hydrogen) atoms. The lowest BCUT2D eigenvalue weighted by molar-refractivity contribution is -0.385. The van der Waals surface area contributed by atoms with Crippen LogP contribution in [0.1, 0.15) is 22.8 Å². The molecule has 0 amide bonds. The van der Waals surface area contributed by atoms with Gasteiger partial charge in [0.15, 0.2) is 5.78 Å². The van der Waals surface area contributed by atoms with Crippen molar-refractivity contribution >= 4 is 27.4 Å². The number of carbonyl (C=O) groups excluding carboxylic acids is 1. The lowest BCUT2D eigenvalue weighted by Gasteiger charge is -2.04. The molecule has 0 heterocycles. The van der Waals surface area contributed by atoms with Crippen LogP contribution >= 0.6 is 15.9 Å². The number of Topliss-reactive ketones (excluding diaryl/α,β-unsaturated/α-hetero) is 1. The first-order chi connectivity index (χ1) is 6.45. The van der Waals surface area contributed by atoms with Gasteiger partial charge in [0.05, 0.1) is 4.92 Å². The minimum absolute atomic E-state index is 0.134. The Balaban J connectivity index is 3.53. The summed E-state index contributed by atoms with van der Waals surface area (Å²) in [6.45, 7) is 3.09. The van der Waals surface area contributed by atoms with E-state index in [4.69, 9.17) is 0 Å². The number of ketones is 1. The molecule has 1 aromatic rings. The summed E-state index contributed by atoms with van der Waals surface area (Å²) in [6.07, 6.45) is 0. The van der Waals surface area contributed by atoms with Gasteiger partial charge >= 0.3 is 0 Å². The van der Waals surface area contributed by atoms with Crippen LogP contribution in [0.15, 0.2) is 16.6 Å². The Kier molecular flexibility index (Phi) is 3.00. The van der Waals surface area contributed by atoms with Gasteiger partial charge in [0.1, 0.15) is 5.56 Å². The number of rotatable bonds is 2. The standard InChI is InChI=1S/C9H8BrNO3/c1-5-3-4-7(11(13)14)8(6(2)12)9(5)10/h3-4H,1-2H3. The van der Waals surface area contributed by atoms with Crippen molar-refractivity contribution in [3.8, 4) is 0 Å². The predicted octanol–water partition coefficient (Wildman–Crippen LogP) is 2.87. The molecule has 0 N–H and O–H groups in total. The average molecular weight is 258 g/mol. The molecule has 0 aliphatic heterocycles. The second-order valence-corrected chi connectivity index (χ2v) is 3.70. The van der Waals surface area contributed by atoms with Crippen molar-refractivity contribution in [2.45, 2.75) is 13.8 Å². The van der Waals surface area contributed by atoms with Crippen molar-refractivity contribution in [1.29, 1.82) is 0 Å². The number of hydrogen-bond acceptors (Lipinski definition) is 3. The maximum atomic E-state index is 11.2. The van der Waals surface area contributed by atoms with Crippen LogP contribution in [-0.4, -0.2) is 10.7 Å². The van der Waals surface area contributed by atoms with E-state index in [-0.39, 0.29) is 17.0 Å². The van der Waals surface area contributed by atoms with E-state index in [0.29, 0.717) is 4.47 Å². The number of aryl methyl sites for hydroxylation is 1. The first-order valence-electron chi connectivity index (χ1n) is 3.89. The number of halogens is 1. The lowest BCUT2D eigenvalue weighted by Crippen LogP contribution is -2.02. The zero-order valence-corrected chi connectivity index (χ0v) is 9.29. The molecule has 0 spiro atoms. The van der Waals surface area contributed by atoms with Crippen LogP contribution in [0, 0.1) is 17.0 Å². The summed E-state index contributed by atoms with van der Waals surface area (Å²) in [4.78, 5) is 21.3. The van der Waals surface area contributed by atoms with Crippen LogP contribution in [0.4, 0.5) is 5.69 Å². The van der Waals surface area contributed by atoms with Gasteiger partial charge in [0.2, 0.25) is 0 Å². The van der Waals surface area contributed by atoms with Gasteiger partial charge in [0, 0.05) is 10.5 Å². The molecule has 0 aromatic heterocycles. The summed E-state index contributed by atoms with van der Waals surface area (Å²) in [6, 6.07) is 2.95. The maximum Gasteiger partial charge on any atom is 0.281 e. The summed E-state index contributed by atoms with van der Waals surface area (Å²) < 4.78 is 0.499. The number of carbonyl (C=O) groups is 1. The molecule has 1 rings (SSSR count). The van der Waals surface area contributed by atoms with Gasteiger partial charge in [-0.3, -0.25) is 14.9 Å². The SMILES string of the molecule is CC(=O)c1c([N+](=O)[O-])ccc(C)c1Br. The molecule has 1 aromatic carbocycles. The summed E-state index contributed by atoms with van der Waals surface area (Å²) in [5.74, 6) is -0.313. The predicted molar refractivity (Wildman–Crippen MR) is 55.5 cm³/mol. The van der Waals surface area contributed by atoms with Gasteiger partial charge in [-0.15, -0.1) is 0 Å². The highest BCUT2D eigenvalue weighted by Gasteiger charge is 2.21. The largest absolute Gasteiger partial charge is 0.294 e. The van der Waals surface area contributed by atoms with Crippen molar-refractivity contribution in [3.63, 3.8) is 0 Å². The minimum atomic E-state index is -0.555. The molecule has 0 fully saturated rings. The third-order valence-electron chi connectivity index (χ3n) is 1.86. The molecular weight excluding hydrogens is 250 g/mol. The van der Waals surface area contributed by atoms with Gasteiger partial charge in [0.25, 0.3) is 5.69 Å². The average Bonchev–Trinajstić information content (AvgIpc) is 2.08. The quantitative estimate of drug-likeness (QED) is 0.465. The molecule has 0 unspecified atom stereocenters. The molecule has 74 valence electrons. The third kappa shape index (κ3) is 1.82. The van der Waals surface area contributed by atoms with E-state index in [1.807, 2.05) is 0 Å².